The van der Waals surface area contributed by atoms with E-state index in [9.17, 15) is 0 Å². The van der Waals surface area contributed by atoms with E-state index in [1.807, 2.05) is 48.7 Å². The van der Waals surface area contributed by atoms with E-state index in [4.69, 9.17) is 5.73 Å². The molecule has 1 aromatic carbocycles. The molecule has 0 amide bonds. The Morgan fingerprint density at radius 3 is 2.75 bits per heavy atom. The Morgan fingerprint density at radius 2 is 2.06 bits per heavy atom. The van der Waals surface area contributed by atoms with E-state index in [0.717, 1.165) is 22.5 Å². The minimum atomic E-state index is 0.781. The summed E-state index contributed by atoms with van der Waals surface area (Å²) in [6.07, 6.45) is 7.46. The molecule has 0 aliphatic carbocycles. The second-order valence-corrected chi connectivity index (χ2v) is 3.49. The molecule has 0 unspecified atom stereocenters. The van der Waals surface area contributed by atoms with Gasteiger partial charge in [-0.05, 0) is 17.7 Å². The zero-order valence-electron chi connectivity index (χ0n) is 8.98. The highest BCUT2D eigenvalue weighted by molar-refractivity contribution is 5.81. The molecule has 2 heteroatoms. The smallest absolute Gasteiger partial charge is 0.0482 e. The topological polar surface area (TPSA) is 41.8 Å². The number of nitrogen functional groups attached to an aromatic ring is 1. The lowest BCUT2D eigenvalue weighted by Gasteiger charge is -2.06. The molecule has 0 saturated carbocycles. The fourth-order valence-electron chi connectivity index (χ4n) is 1.63. The van der Waals surface area contributed by atoms with Crippen LogP contribution in [0.3, 0.4) is 0 Å². The molecule has 0 aliphatic heterocycles. The number of H-pyrrole nitrogens is 1. The number of nitrogens with one attached hydrogen (secondary N) is 1. The molecule has 0 fully saturated rings. The van der Waals surface area contributed by atoms with Crippen molar-refractivity contribution in [2.75, 3.05) is 5.73 Å². The second kappa shape index (κ2) is 4.53. The molecule has 16 heavy (non-hydrogen) atoms. The number of para-hydroxylation sites is 1. The Hall–Kier alpha value is -2.22. The van der Waals surface area contributed by atoms with Gasteiger partial charge >= 0.3 is 0 Å². The van der Waals surface area contributed by atoms with Crippen LogP contribution in [0.5, 0.6) is 0 Å². The first kappa shape index (κ1) is 10.3. The Morgan fingerprint density at radius 1 is 1.19 bits per heavy atom. The van der Waals surface area contributed by atoms with E-state index in [1.54, 1.807) is 6.08 Å². The van der Waals surface area contributed by atoms with Gasteiger partial charge in [-0.15, -0.1) is 0 Å². The van der Waals surface area contributed by atoms with Crippen LogP contribution in [0.2, 0.25) is 0 Å². The largest absolute Gasteiger partial charge is 0.398 e. The molecule has 2 rings (SSSR count). The molecule has 0 aliphatic rings. The Kier molecular flexibility index (Phi) is 2.92. The first-order valence-corrected chi connectivity index (χ1v) is 5.14. The van der Waals surface area contributed by atoms with Crippen LogP contribution in [0.25, 0.3) is 17.3 Å². The number of benzene rings is 1. The molecule has 2 aromatic rings. The molecular formula is C14H14N2. The number of hydrogen-bond donors (Lipinski definition) is 2. The summed E-state index contributed by atoms with van der Waals surface area (Å²) in [5.74, 6) is 0. The lowest BCUT2D eigenvalue weighted by molar-refractivity contribution is 1.40. The van der Waals surface area contributed by atoms with Crippen LogP contribution in [0.15, 0.2) is 55.3 Å². The average molecular weight is 210 g/mol. The van der Waals surface area contributed by atoms with E-state index in [2.05, 4.69) is 11.6 Å². The fraction of sp³-hybridized carbons (Fsp3) is 0. The monoisotopic (exact) mass is 210 g/mol. The minimum Gasteiger partial charge on any atom is -0.398 e. The molecular weight excluding hydrogens is 196 g/mol. The first-order valence-electron chi connectivity index (χ1n) is 5.14. The zero-order chi connectivity index (χ0) is 11.4. The molecule has 0 saturated heterocycles. The summed E-state index contributed by atoms with van der Waals surface area (Å²) in [5, 5.41) is 0. The highest BCUT2D eigenvalue weighted by atomic mass is 14.7. The van der Waals surface area contributed by atoms with Gasteiger partial charge in [0.1, 0.15) is 0 Å². The Balaban J connectivity index is 2.48. The third kappa shape index (κ3) is 1.91. The SMILES string of the molecule is C=C/C=C\c1cccc(-c2ccc[nH]2)c1N. The number of hydrogen-bond acceptors (Lipinski definition) is 1. The molecule has 0 bridgehead atoms. The summed E-state index contributed by atoms with van der Waals surface area (Å²) in [6, 6.07) is 9.96. The Bertz CT molecular complexity index is 508. The number of nitrogens with two attached hydrogens (primary N) is 1. The number of aromatic amines is 1. The summed E-state index contributed by atoms with van der Waals surface area (Å²) >= 11 is 0. The molecule has 1 heterocycles. The van der Waals surface area contributed by atoms with Crippen molar-refractivity contribution >= 4 is 11.8 Å². The maximum atomic E-state index is 6.11. The number of allylic oxidation sites excluding steroid dienone is 2. The van der Waals surface area contributed by atoms with Crippen LogP contribution in [0.1, 0.15) is 5.56 Å². The highest BCUT2D eigenvalue weighted by Crippen LogP contribution is 2.27. The predicted octanol–water partition coefficient (Wildman–Crippen LogP) is 3.46. The van der Waals surface area contributed by atoms with Crippen molar-refractivity contribution in [3.8, 4) is 11.3 Å². The van der Waals surface area contributed by atoms with Crippen LogP contribution >= 0.6 is 0 Å². The van der Waals surface area contributed by atoms with Gasteiger partial charge in [0.25, 0.3) is 0 Å². The van der Waals surface area contributed by atoms with E-state index in [1.165, 1.54) is 0 Å². The van der Waals surface area contributed by atoms with Gasteiger partial charge in [0.15, 0.2) is 0 Å². The van der Waals surface area contributed by atoms with Crippen LogP contribution < -0.4 is 5.73 Å². The van der Waals surface area contributed by atoms with Gasteiger partial charge < -0.3 is 10.7 Å². The maximum absolute atomic E-state index is 6.11. The molecule has 3 N–H and O–H groups in total. The molecule has 0 spiro atoms. The molecule has 0 radical (unpaired) electrons. The molecule has 2 nitrogen and oxygen atoms in total. The van der Waals surface area contributed by atoms with Crippen LogP contribution in [0.4, 0.5) is 5.69 Å². The van der Waals surface area contributed by atoms with Gasteiger partial charge in [-0.25, -0.2) is 0 Å². The van der Waals surface area contributed by atoms with Crippen molar-refractivity contribution < 1.29 is 0 Å². The third-order valence-corrected chi connectivity index (χ3v) is 2.44. The van der Waals surface area contributed by atoms with Crippen molar-refractivity contribution in [2.24, 2.45) is 0 Å². The summed E-state index contributed by atoms with van der Waals surface area (Å²) in [4.78, 5) is 3.15. The van der Waals surface area contributed by atoms with Crippen molar-refractivity contribution in [3.05, 3.63) is 60.8 Å². The van der Waals surface area contributed by atoms with Gasteiger partial charge in [0.2, 0.25) is 0 Å². The van der Waals surface area contributed by atoms with Gasteiger partial charge in [0, 0.05) is 23.1 Å². The quantitative estimate of drug-likeness (QED) is 0.591. The molecule has 0 atom stereocenters. The van der Waals surface area contributed by atoms with E-state index >= 15 is 0 Å². The number of aromatic nitrogens is 1. The van der Waals surface area contributed by atoms with Crippen molar-refractivity contribution in [1.82, 2.24) is 4.98 Å². The van der Waals surface area contributed by atoms with Gasteiger partial charge in [-0.2, -0.15) is 0 Å². The summed E-state index contributed by atoms with van der Waals surface area (Å²) < 4.78 is 0. The fourth-order valence-corrected chi connectivity index (χ4v) is 1.63. The van der Waals surface area contributed by atoms with Crippen molar-refractivity contribution in [3.63, 3.8) is 0 Å². The van der Waals surface area contributed by atoms with Gasteiger partial charge in [-0.3, -0.25) is 0 Å². The van der Waals surface area contributed by atoms with E-state index < -0.39 is 0 Å². The van der Waals surface area contributed by atoms with Crippen LogP contribution in [-0.4, -0.2) is 4.98 Å². The summed E-state index contributed by atoms with van der Waals surface area (Å²) in [6.45, 7) is 3.64. The predicted molar refractivity (Wildman–Crippen MR) is 69.9 cm³/mol. The molecule has 80 valence electrons. The van der Waals surface area contributed by atoms with Crippen molar-refractivity contribution in [2.45, 2.75) is 0 Å². The summed E-state index contributed by atoms with van der Waals surface area (Å²) in [5.41, 5.74) is 9.95. The van der Waals surface area contributed by atoms with E-state index in [0.29, 0.717) is 0 Å². The van der Waals surface area contributed by atoms with Crippen LogP contribution in [-0.2, 0) is 0 Å². The minimum absolute atomic E-state index is 0.781. The first-order chi connectivity index (χ1) is 7.83. The Labute approximate surface area is 95.1 Å². The van der Waals surface area contributed by atoms with Gasteiger partial charge in [0.05, 0.1) is 0 Å². The van der Waals surface area contributed by atoms with Crippen molar-refractivity contribution in [1.29, 1.82) is 0 Å². The second-order valence-electron chi connectivity index (χ2n) is 3.49. The molecule has 1 aromatic heterocycles. The van der Waals surface area contributed by atoms with Gasteiger partial charge in [-0.1, -0.05) is 43.0 Å². The highest BCUT2D eigenvalue weighted by Gasteiger charge is 2.04. The lowest BCUT2D eigenvalue weighted by atomic mass is 10.0. The number of rotatable bonds is 3. The average Bonchev–Trinajstić information content (AvgIpc) is 2.81. The third-order valence-electron chi connectivity index (χ3n) is 2.44. The zero-order valence-corrected chi connectivity index (χ0v) is 8.98. The van der Waals surface area contributed by atoms with E-state index in [-0.39, 0.29) is 0 Å². The summed E-state index contributed by atoms with van der Waals surface area (Å²) in [7, 11) is 0. The number of anilines is 1. The van der Waals surface area contributed by atoms with Crippen LogP contribution in [0, 0.1) is 0 Å². The standard InChI is InChI=1S/C14H14N2/c1-2-3-6-11-7-4-8-12(14(11)15)13-9-5-10-16-13/h2-10,16H,1,15H2/b6-3-. The maximum Gasteiger partial charge on any atom is 0.0482 e. The lowest BCUT2D eigenvalue weighted by Crippen LogP contribution is -1.93. The normalized spacial score (nSPS) is 10.8.